The summed E-state index contributed by atoms with van der Waals surface area (Å²) in [7, 11) is 0. The number of aromatic nitrogens is 2. The fourth-order valence-corrected chi connectivity index (χ4v) is 1.99. The normalized spacial score (nSPS) is 20.6. The molecule has 0 saturated carbocycles. The van der Waals surface area contributed by atoms with Gasteiger partial charge < -0.3 is 5.73 Å². The summed E-state index contributed by atoms with van der Waals surface area (Å²) < 4.78 is 0.413. The molecule has 1 saturated heterocycles. The first-order valence-corrected chi connectivity index (χ1v) is 5.98. The lowest BCUT2D eigenvalue weighted by molar-refractivity contribution is -0.117. The van der Waals surface area contributed by atoms with E-state index in [0.717, 1.165) is 0 Å². The molecular weight excluding hydrogens is 319 g/mol. The van der Waals surface area contributed by atoms with E-state index >= 15 is 0 Å². The summed E-state index contributed by atoms with van der Waals surface area (Å²) >= 11 is 14.8. The zero-order valence-electron chi connectivity index (χ0n) is 7.95. The number of nitrogens with zero attached hydrogens (tertiary/aromatic N) is 3. The molecule has 0 aliphatic carbocycles. The second kappa shape index (κ2) is 4.44. The number of carbonyl (C=O) groups excluding carboxylic acids is 1. The first-order valence-electron chi connectivity index (χ1n) is 4.43. The number of halogens is 3. The van der Waals surface area contributed by atoms with E-state index in [1.807, 2.05) is 0 Å². The Bertz CT molecular complexity index is 433. The smallest absolute Gasteiger partial charge is 0.235 e. The Morgan fingerprint density at radius 1 is 1.38 bits per heavy atom. The van der Waals surface area contributed by atoms with Gasteiger partial charge >= 0.3 is 0 Å². The third-order valence-corrected chi connectivity index (χ3v) is 3.91. The van der Waals surface area contributed by atoms with Crippen LogP contribution < -0.4 is 10.6 Å². The van der Waals surface area contributed by atoms with E-state index in [4.69, 9.17) is 28.9 Å². The lowest BCUT2D eigenvalue weighted by Crippen LogP contribution is -2.29. The van der Waals surface area contributed by atoms with Crippen molar-refractivity contribution in [2.75, 3.05) is 11.4 Å². The van der Waals surface area contributed by atoms with E-state index in [2.05, 4.69) is 25.9 Å². The molecule has 5 nitrogen and oxygen atoms in total. The quantitative estimate of drug-likeness (QED) is 0.796. The van der Waals surface area contributed by atoms with E-state index in [1.165, 1.54) is 4.90 Å². The highest BCUT2D eigenvalue weighted by Crippen LogP contribution is 2.30. The third-order valence-electron chi connectivity index (χ3n) is 2.15. The van der Waals surface area contributed by atoms with E-state index in [1.54, 1.807) is 0 Å². The van der Waals surface area contributed by atoms with Gasteiger partial charge in [-0.3, -0.25) is 9.69 Å². The van der Waals surface area contributed by atoms with Crippen LogP contribution >= 0.6 is 39.1 Å². The molecule has 0 bridgehead atoms. The number of amides is 1. The molecule has 2 N–H and O–H groups in total. The van der Waals surface area contributed by atoms with Crippen LogP contribution in [0.25, 0.3) is 0 Å². The van der Waals surface area contributed by atoms with Crippen molar-refractivity contribution < 1.29 is 4.79 Å². The van der Waals surface area contributed by atoms with Gasteiger partial charge in [-0.1, -0.05) is 23.2 Å². The molecule has 1 fully saturated rings. The summed E-state index contributed by atoms with van der Waals surface area (Å²) in [4.78, 5) is 20.9. The highest BCUT2D eigenvalue weighted by Gasteiger charge is 2.30. The van der Waals surface area contributed by atoms with Crippen molar-refractivity contribution in [3.05, 3.63) is 14.8 Å². The van der Waals surface area contributed by atoms with Crippen LogP contribution in [0.2, 0.25) is 10.3 Å². The third kappa shape index (κ3) is 2.15. The van der Waals surface area contributed by atoms with Gasteiger partial charge in [0.05, 0.1) is 4.47 Å². The minimum atomic E-state index is -0.197. The van der Waals surface area contributed by atoms with E-state index < -0.39 is 0 Å². The van der Waals surface area contributed by atoms with Crippen molar-refractivity contribution in [3.8, 4) is 0 Å². The van der Waals surface area contributed by atoms with Gasteiger partial charge in [0, 0.05) is 19.0 Å². The largest absolute Gasteiger partial charge is 0.326 e. The second-order valence-electron chi connectivity index (χ2n) is 3.39. The molecule has 0 radical (unpaired) electrons. The summed E-state index contributed by atoms with van der Waals surface area (Å²) in [6.07, 6.45) is 0.286. The van der Waals surface area contributed by atoms with Crippen LogP contribution in [-0.4, -0.2) is 28.5 Å². The Labute approximate surface area is 110 Å². The van der Waals surface area contributed by atoms with Gasteiger partial charge in [0.1, 0.15) is 10.3 Å². The minimum Gasteiger partial charge on any atom is -0.326 e. The fraction of sp³-hybridized carbons (Fsp3) is 0.375. The van der Waals surface area contributed by atoms with Crippen molar-refractivity contribution in [1.82, 2.24) is 9.97 Å². The average Bonchev–Trinajstić information content (AvgIpc) is 2.53. The SMILES string of the molecule is NC1CC(=O)N(c2nc(Cl)c(Br)c(Cl)n2)C1. The number of hydrogen-bond acceptors (Lipinski definition) is 4. The maximum atomic E-state index is 11.6. The first-order chi connectivity index (χ1) is 7.49. The van der Waals surface area contributed by atoms with Crippen LogP contribution in [-0.2, 0) is 4.79 Å². The average molecular weight is 326 g/mol. The lowest BCUT2D eigenvalue weighted by atomic mass is 10.3. The molecule has 16 heavy (non-hydrogen) atoms. The van der Waals surface area contributed by atoms with Crippen molar-refractivity contribution in [1.29, 1.82) is 0 Å². The fourth-order valence-electron chi connectivity index (χ4n) is 1.43. The zero-order chi connectivity index (χ0) is 11.9. The lowest BCUT2D eigenvalue weighted by Gasteiger charge is -2.14. The second-order valence-corrected chi connectivity index (χ2v) is 4.90. The first kappa shape index (κ1) is 12.0. The number of anilines is 1. The highest BCUT2D eigenvalue weighted by atomic mass is 79.9. The van der Waals surface area contributed by atoms with Crippen molar-refractivity contribution in [2.45, 2.75) is 12.5 Å². The van der Waals surface area contributed by atoms with Gasteiger partial charge in [-0.25, -0.2) is 0 Å². The molecule has 2 heterocycles. The summed E-state index contributed by atoms with van der Waals surface area (Å²) in [5.74, 6) is 0.0677. The molecule has 1 aromatic rings. The number of nitrogens with two attached hydrogens (primary N) is 1. The Balaban J connectivity index is 2.38. The summed E-state index contributed by atoms with van der Waals surface area (Å²) in [5.41, 5.74) is 5.67. The molecule has 1 aromatic heterocycles. The van der Waals surface area contributed by atoms with Crippen LogP contribution in [0.4, 0.5) is 5.95 Å². The highest BCUT2D eigenvalue weighted by molar-refractivity contribution is 9.10. The number of hydrogen-bond donors (Lipinski definition) is 1. The molecular formula is C8H7BrCl2N4O. The molecule has 1 aliphatic heterocycles. The summed E-state index contributed by atoms with van der Waals surface area (Å²) in [6, 6.07) is -0.197. The van der Waals surface area contributed by atoms with E-state index in [9.17, 15) is 4.79 Å². The molecule has 2 rings (SSSR count). The Morgan fingerprint density at radius 3 is 2.38 bits per heavy atom. The molecule has 1 unspecified atom stereocenters. The maximum absolute atomic E-state index is 11.6. The Hall–Kier alpha value is -0.430. The van der Waals surface area contributed by atoms with E-state index in [0.29, 0.717) is 11.0 Å². The maximum Gasteiger partial charge on any atom is 0.235 e. The van der Waals surface area contributed by atoms with Gasteiger partial charge in [-0.15, -0.1) is 0 Å². The van der Waals surface area contributed by atoms with Crippen LogP contribution in [0.3, 0.4) is 0 Å². The van der Waals surface area contributed by atoms with Gasteiger partial charge in [-0.2, -0.15) is 9.97 Å². The molecule has 0 aromatic carbocycles. The molecule has 1 amide bonds. The predicted octanol–water partition coefficient (Wildman–Crippen LogP) is 1.61. The van der Waals surface area contributed by atoms with Gasteiger partial charge in [0.15, 0.2) is 0 Å². The topological polar surface area (TPSA) is 72.1 Å². The number of rotatable bonds is 1. The molecule has 0 spiro atoms. The van der Waals surface area contributed by atoms with Crippen LogP contribution in [0.15, 0.2) is 4.47 Å². The van der Waals surface area contributed by atoms with Gasteiger partial charge in [-0.05, 0) is 15.9 Å². The summed E-state index contributed by atoms with van der Waals surface area (Å²) in [6.45, 7) is 0.382. The standard InChI is InChI=1S/C8H7BrCl2N4O/c9-5-6(10)13-8(14-7(5)11)15-2-3(12)1-4(15)16/h3H,1-2,12H2. The Kier molecular flexibility index (Phi) is 3.34. The predicted molar refractivity (Wildman–Crippen MR) is 64.7 cm³/mol. The van der Waals surface area contributed by atoms with Crippen LogP contribution in [0.1, 0.15) is 6.42 Å². The van der Waals surface area contributed by atoms with Gasteiger partial charge in [0.25, 0.3) is 0 Å². The minimum absolute atomic E-state index is 0.123. The molecule has 86 valence electrons. The monoisotopic (exact) mass is 324 g/mol. The Morgan fingerprint density at radius 2 is 1.94 bits per heavy atom. The van der Waals surface area contributed by atoms with Crippen molar-refractivity contribution >= 4 is 51.0 Å². The zero-order valence-corrected chi connectivity index (χ0v) is 11.1. The summed E-state index contributed by atoms with van der Waals surface area (Å²) in [5, 5.41) is 0.339. The molecule has 8 heteroatoms. The number of carbonyl (C=O) groups is 1. The van der Waals surface area contributed by atoms with Crippen LogP contribution in [0, 0.1) is 0 Å². The molecule has 1 atom stereocenters. The van der Waals surface area contributed by atoms with Crippen molar-refractivity contribution in [3.63, 3.8) is 0 Å². The molecule has 1 aliphatic rings. The van der Waals surface area contributed by atoms with Crippen LogP contribution in [0.5, 0.6) is 0 Å². The van der Waals surface area contributed by atoms with Crippen molar-refractivity contribution in [2.24, 2.45) is 5.73 Å². The van der Waals surface area contributed by atoms with E-state index in [-0.39, 0.29) is 34.6 Å². The van der Waals surface area contributed by atoms with Gasteiger partial charge in [0.2, 0.25) is 11.9 Å².